The fourth-order valence-electron chi connectivity index (χ4n) is 2.66. The van der Waals surface area contributed by atoms with Crippen molar-refractivity contribution in [1.29, 1.82) is 0 Å². The highest BCUT2D eigenvalue weighted by atomic mass is 16.4. The standard InChI is InChI=1S/C15H20N2O5/c18-12(6-9-16-13(19)11-5-4-10-22-11)17-15(14(20)21)7-2-1-3-8-15/h4-5,10H,1-3,6-9H2,(H,16,19)(H,17,18)(H,20,21). The van der Waals surface area contributed by atoms with E-state index in [9.17, 15) is 19.5 Å². The van der Waals surface area contributed by atoms with Crippen LogP contribution >= 0.6 is 0 Å². The van der Waals surface area contributed by atoms with Crippen LogP contribution in [0.15, 0.2) is 22.8 Å². The molecule has 7 heteroatoms. The largest absolute Gasteiger partial charge is 0.480 e. The average molecular weight is 308 g/mol. The van der Waals surface area contributed by atoms with Crippen LogP contribution in [0.4, 0.5) is 0 Å². The molecule has 1 fully saturated rings. The minimum atomic E-state index is -1.15. The van der Waals surface area contributed by atoms with Gasteiger partial charge in [0.05, 0.1) is 6.26 Å². The highest BCUT2D eigenvalue weighted by Gasteiger charge is 2.40. The molecule has 0 saturated heterocycles. The van der Waals surface area contributed by atoms with Crippen LogP contribution in [0.25, 0.3) is 0 Å². The first-order valence-electron chi connectivity index (χ1n) is 7.40. The van der Waals surface area contributed by atoms with Crippen LogP contribution in [0.3, 0.4) is 0 Å². The topological polar surface area (TPSA) is 109 Å². The molecule has 0 bridgehead atoms. The van der Waals surface area contributed by atoms with E-state index in [4.69, 9.17) is 4.42 Å². The fraction of sp³-hybridized carbons (Fsp3) is 0.533. The van der Waals surface area contributed by atoms with E-state index < -0.39 is 17.4 Å². The van der Waals surface area contributed by atoms with Crippen molar-refractivity contribution in [2.24, 2.45) is 0 Å². The summed E-state index contributed by atoms with van der Waals surface area (Å²) in [6.45, 7) is 0.126. The zero-order valence-corrected chi connectivity index (χ0v) is 12.3. The summed E-state index contributed by atoms with van der Waals surface area (Å²) in [6.07, 6.45) is 4.90. The number of rotatable bonds is 6. The number of hydrogen-bond acceptors (Lipinski definition) is 4. The third-order valence-corrected chi connectivity index (χ3v) is 3.88. The van der Waals surface area contributed by atoms with Gasteiger partial charge in [-0.3, -0.25) is 9.59 Å². The molecule has 0 aromatic carbocycles. The Morgan fingerprint density at radius 2 is 1.95 bits per heavy atom. The van der Waals surface area contributed by atoms with Crippen molar-refractivity contribution in [2.75, 3.05) is 6.54 Å². The number of carboxylic acids is 1. The van der Waals surface area contributed by atoms with Gasteiger partial charge in [0.2, 0.25) is 5.91 Å². The number of nitrogens with one attached hydrogen (secondary N) is 2. The number of amides is 2. The number of carboxylic acid groups (broad SMARTS) is 1. The summed E-state index contributed by atoms with van der Waals surface area (Å²) in [5.41, 5.74) is -1.15. The number of hydrogen-bond donors (Lipinski definition) is 3. The van der Waals surface area contributed by atoms with E-state index in [1.807, 2.05) is 0 Å². The van der Waals surface area contributed by atoms with Crippen molar-refractivity contribution in [3.8, 4) is 0 Å². The summed E-state index contributed by atoms with van der Waals surface area (Å²) in [5.74, 6) is -1.58. The number of carbonyl (C=O) groups is 3. The van der Waals surface area contributed by atoms with E-state index in [1.165, 1.54) is 12.3 Å². The third-order valence-electron chi connectivity index (χ3n) is 3.88. The highest BCUT2D eigenvalue weighted by molar-refractivity contribution is 5.92. The molecule has 2 amide bonds. The van der Waals surface area contributed by atoms with Gasteiger partial charge < -0.3 is 20.2 Å². The van der Waals surface area contributed by atoms with Crippen molar-refractivity contribution in [3.05, 3.63) is 24.2 Å². The zero-order chi connectivity index (χ0) is 16.0. The van der Waals surface area contributed by atoms with Gasteiger partial charge in [0.15, 0.2) is 5.76 Å². The molecule has 3 N–H and O–H groups in total. The van der Waals surface area contributed by atoms with Crippen LogP contribution in [-0.2, 0) is 9.59 Å². The van der Waals surface area contributed by atoms with Crippen LogP contribution in [0.2, 0.25) is 0 Å². The molecule has 120 valence electrons. The Bertz CT molecular complexity index is 532. The van der Waals surface area contributed by atoms with Gasteiger partial charge in [-0.05, 0) is 25.0 Å². The second-order valence-corrected chi connectivity index (χ2v) is 5.48. The lowest BCUT2D eigenvalue weighted by Gasteiger charge is -2.34. The van der Waals surface area contributed by atoms with Crippen molar-refractivity contribution in [1.82, 2.24) is 10.6 Å². The Labute approximate surface area is 128 Å². The molecule has 1 aliphatic carbocycles. The maximum Gasteiger partial charge on any atom is 0.329 e. The van der Waals surface area contributed by atoms with Crippen LogP contribution in [0.5, 0.6) is 0 Å². The van der Waals surface area contributed by atoms with E-state index >= 15 is 0 Å². The molecule has 0 unspecified atom stereocenters. The van der Waals surface area contributed by atoms with E-state index in [2.05, 4.69) is 10.6 Å². The smallest absolute Gasteiger partial charge is 0.329 e. The summed E-state index contributed by atoms with van der Waals surface area (Å²) in [7, 11) is 0. The van der Waals surface area contributed by atoms with Crippen LogP contribution < -0.4 is 10.6 Å². The molecule has 22 heavy (non-hydrogen) atoms. The molecule has 1 aliphatic rings. The highest BCUT2D eigenvalue weighted by Crippen LogP contribution is 2.28. The molecular formula is C15H20N2O5. The van der Waals surface area contributed by atoms with Gasteiger partial charge in [0.25, 0.3) is 5.91 Å². The van der Waals surface area contributed by atoms with Gasteiger partial charge in [0, 0.05) is 13.0 Å². The first kappa shape index (κ1) is 16.1. The molecule has 0 spiro atoms. The molecule has 0 aliphatic heterocycles. The Morgan fingerprint density at radius 3 is 2.55 bits per heavy atom. The van der Waals surface area contributed by atoms with Gasteiger partial charge in [-0.25, -0.2) is 4.79 Å². The van der Waals surface area contributed by atoms with E-state index in [1.54, 1.807) is 6.07 Å². The van der Waals surface area contributed by atoms with Crippen molar-refractivity contribution >= 4 is 17.8 Å². The molecule has 1 heterocycles. The summed E-state index contributed by atoms with van der Waals surface area (Å²) in [6, 6.07) is 3.12. The van der Waals surface area contributed by atoms with Crippen molar-refractivity contribution in [3.63, 3.8) is 0 Å². The van der Waals surface area contributed by atoms with Gasteiger partial charge in [-0.1, -0.05) is 19.3 Å². The quantitative estimate of drug-likeness (QED) is 0.734. The summed E-state index contributed by atoms with van der Waals surface area (Å²) < 4.78 is 4.93. The number of aliphatic carboxylic acids is 1. The molecule has 2 rings (SSSR count). The predicted molar refractivity (Wildman–Crippen MR) is 77.3 cm³/mol. The first-order chi connectivity index (χ1) is 10.5. The molecular weight excluding hydrogens is 288 g/mol. The predicted octanol–water partition coefficient (Wildman–Crippen LogP) is 1.30. The second kappa shape index (κ2) is 7.11. The monoisotopic (exact) mass is 308 g/mol. The van der Waals surface area contributed by atoms with Crippen LogP contribution in [0, 0.1) is 0 Å². The fourth-order valence-corrected chi connectivity index (χ4v) is 2.66. The van der Waals surface area contributed by atoms with Gasteiger partial charge in [0.1, 0.15) is 5.54 Å². The van der Waals surface area contributed by atoms with Crippen molar-refractivity contribution < 1.29 is 23.9 Å². The van der Waals surface area contributed by atoms with E-state index in [0.29, 0.717) is 12.8 Å². The molecule has 7 nitrogen and oxygen atoms in total. The van der Waals surface area contributed by atoms with Crippen LogP contribution in [-0.4, -0.2) is 35.0 Å². The minimum absolute atomic E-state index is 0.0292. The van der Waals surface area contributed by atoms with Gasteiger partial charge >= 0.3 is 5.97 Å². The lowest BCUT2D eigenvalue weighted by atomic mass is 9.81. The third kappa shape index (κ3) is 3.87. The van der Waals surface area contributed by atoms with Crippen molar-refractivity contribution in [2.45, 2.75) is 44.1 Å². The number of furan rings is 1. The SMILES string of the molecule is O=C(CCNC(=O)c1ccco1)NC1(C(=O)O)CCCCC1. The lowest BCUT2D eigenvalue weighted by Crippen LogP contribution is -2.55. The lowest BCUT2D eigenvalue weighted by molar-refractivity contribution is -0.149. The molecule has 0 radical (unpaired) electrons. The summed E-state index contributed by atoms with van der Waals surface area (Å²) in [4.78, 5) is 35.0. The van der Waals surface area contributed by atoms with Gasteiger partial charge in [-0.2, -0.15) is 0 Å². The normalized spacial score (nSPS) is 16.7. The Hall–Kier alpha value is -2.31. The summed E-state index contributed by atoms with van der Waals surface area (Å²) >= 11 is 0. The number of carbonyl (C=O) groups excluding carboxylic acids is 2. The molecule has 0 atom stereocenters. The van der Waals surface area contributed by atoms with E-state index in [0.717, 1.165) is 19.3 Å². The van der Waals surface area contributed by atoms with E-state index in [-0.39, 0.29) is 24.6 Å². The second-order valence-electron chi connectivity index (χ2n) is 5.48. The Balaban J connectivity index is 1.79. The van der Waals surface area contributed by atoms with Gasteiger partial charge in [-0.15, -0.1) is 0 Å². The maximum atomic E-state index is 11.9. The van der Waals surface area contributed by atoms with Crippen LogP contribution in [0.1, 0.15) is 49.1 Å². The minimum Gasteiger partial charge on any atom is -0.480 e. The zero-order valence-electron chi connectivity index (χ0n) is 12.3. The molecule has 1 aromatic heterocycles. The Morgan fingerprint density at radius 1 is 1.23 bits per heavy atom. The Kier molecular flexibility index (Phi) is 5.19. The molecule has 1 saturated carbocycles. The average Bonchev–Trinajstić information content (AvgIpc) is 3.02. The summed E-state index contributed by atoms with van der Waals surface area (Å²) in [5, 5.41) is 14.6. The molecule has 1 aromatic rings. The first-order valence-corrected chi connectivity index (χ1v) is 7.40. The maximum absolute atomic E-state index is 11.9.